The zero-order chi connectivity index (χ0) is 26.9. The first-order chi connectivity index (χ1) is 19.0. The Bertz CT molecular complexity index is 1600. The van der Waals surface area contributed by atoms with Crippen molar-refractivity contribution in [3.05, 3.63) is 66.4 Å². The van der Waals surface area contributed by atoms with Gasteiger partial charge in [-0.05, 0) is 61.9 Å². The van der Waals surface area contributed by atoms with Gasteiger partial charge >= 0.3 is 0 Å². The summed E-state index contributed by atoms with van der Waals surface area (Å²) in [6, 6.07) is 11.1. The van der Waals surface area contributed by atoms with Gasteiger partial charge in [0.15, 0.2) is 5.65 Å². The molecule has 0 radical (unpaired) electrons. The predicted octanol–water partition coefficient (Wildman–Crippen LogP) is 4.43. The maximum Gasteiger partial charge on any atom is 0.264 e. The van der Waals surface area contributed by atoms with Crippen LogP contribution in [0.2, 0.25) is 0 Å². The van der Waals surface area contributed by atoms with E-state index in [0.29, 0.717) is 52.9 Å². The molecule has 1 aliphatic heterocycles. The fourth-order valence-electron chi connectivity index (χ4n) is 4.82. The Labute approximate surface area is 223 Å². The highest BCUT2D eigenvalue weighted by atomic mass is 19.1. The van der Waals surface area contributed by atoms with Gasteiger partial charge in [-0.2, -0.15) is 10.4 Å². The van der Waals surface area contributed by atoms with Crippen molar-refractivity contribution in [3.63, 3.8) is 0 Å². The van der Waals surface area contributed by atoms with Gasteiger partial charge in [-0.3, -0.25) is 4.79 Å². The monoisotopic (exact) mass is 524 g/mol. The minimum Gasteiger partial charge on any atom is -0.439 e. The van der Waals surface area contributed by atoms with E-state index >= 15 is 0 Å². The first kappa shape index (κ1) is 24.5. The predicted molar refractivity (Wildman–Crippen MR) is 141 cm³/mol. The van der Waals surface area contributed by atoms with Crippen molar-refractivity contribution in [2.45, 2.75) is 31.7 Å². The Hall–Kier alpha value is -4.85. The van der Waals surface area contributed by atoms with Crippen LogP contribution in [0.5, 0.6) is 11.6 Å². The Morgan fingerprint density at radius 2 is 1.95 bits per heavy atom. The lowest BCUT2D eigenvalue weighted by Crippen LogP contribution is -2.41. The van der Waals surface area contributed by atoms with Crippen LogP contribution in [0.4, 0.5) is 10.2 Å². The third-order valence-corrected chi connectivity index (χ3v) is 6.97. The van der Waals surface area contributed by atoms with E-state index in [1.807, 2.05) is 10.7 Å². The zero-order valence-corrected chi connectivity index (χ0v) is 21.0. The smallest absolute Gasteiger partial charge is 0.264 e. The van der Waals surface area contributed by atoms with Crippen molar-refractivity contribution in [2.75, 3.05) is 18.8 Å². The Balaban J connectivity index is 1.29. The molecule has 1 saturated heterocycles. The van der Waals surface area contributed by atoms with E-state index in [2.05, 4.69) is 21.0 Å². The highest BCUT2D eigenvalue weighted by Crippen LogP contribution is 2.35. The molecule has 2 aliphatic rings. The molecule has 6 rings (SSSR count). The minimum absolute atomic E-state index is 0.150. The molecular weight excluding hydrogens is 499 g/mol. The van der Waals surface area contributed by atoms with Crippen LogP contribution in [0.1, 0.15) is 31.7 Å². The molecule has 4 heterocycles. The molecule has 3 aromatic heterocycles. The summed E-state index contributed by atoms with van der Waals surface area (Å²) in [5.41, 5.74) is 8.32. The average molecular weight is 525 g/mol. The van der Waals surface area contributed by atoms with Crippen molar-refractivity contribution in [3.8, 4) is 29.0 Å². The summed E-state index contributed by atoms with van der Waals surface area (Å²) in [4.78, 5) is 27.9. The molecule has 10 nitrogen and oxygen atoms in total. The molecule has 1 atom stereocenters. The number of rotatable bonds is 6. The summed E-state index contributed by atoms with van der Waals surface area (Å²) in [7, 11) is 0. The molecule has 2 fully saturated rings. The van der Waals surface area contributed by atoms with E-state index in [4.69, 9.17) is 15.6 Å². The number of hydrogen-bond donors (Lipinski definition) is 1. The van der Waals surface area contributed by atoms with Gasteiger partial charge in [-0.25, -0.2) is 24.0 Å². The topological polar surface area (TPSA) is 136 Å². The first-order valence-electron chi connectivity index (χ1n) is 12.8. The minimum atomic E-state index is -0.349. The van der Waals surface area contributed by atoms with Crippen molar-refractivity contribution >= 4 is 22.8 Å². The first-order valence-corrected chi connectivity index (χ1v) is 12.8. The Morgan fingerprint density at radius 1 is 1.13 bits per heavy atom. The molecule has 0 unspecified atom stereocenters. The van der Waals surface area contributed by atoms with Crippen molar-refractivity contribution in [1.29, 1.82) is 5.26 Å². The van der Waals surface area contributed by atoms with Crippen LogP contribution in [0, 0.1) is 23.1 Å². The Morgan fingerprint density at radius 3 is 2.67 bits per heavy atom. The number of likely N-dealkylation sites (tertiary alicyclic amines) is 1. The summed E-state index contributed by atoms with van der Waals surface area (Å²) in [6.45, 7) is 0.993. The number of pyridine rings is 1. The second-order valence-electron chi connectivity index (χ2n) is 9.77. The van der Waals surface area contributed by atoms with Crippen molar-refractivity contribution in [1.82, 2.24) is 29.6 Å². The quantitative estimate of drug-likeness (QED) is 0.289. The number of ether oxygens (including phenoxy) is 1. The maximum absolute atomic E-state index is 13.2. The van der Waals surface area contributed by atoms with Gasteiger partial charge < -0.3 is 15.4 Å². The molecule has 1 saturated carbocycles. The maximum atomic E-state index is 13.2. The van der Waals surface area contributed by atoms with E-state index < -0.39 is 0 Å². The number of nitrogen functional groups attached to an aromatic ring is 1. The fourth-order valence-corrected chi connectivity index (χ4v) is 4.82. The number of hydrogen-bond acceptors (Lipinski definition) is 8. The number of carbonyl (C=O) groups excluding carboxylic acids is 1. The number of nitrogens with two attached hydrogens (primary N) is 1. The van der Waals surface area contributed by atoms with Crippen LogP contribution in [0.25, 0.3) is 22.3 Å². The van der Waals surface area contributed by atoms with Crippen LogP contribution in [0.3, 0.4) is 0 Å². The van der Waals surface area contributed by atoms with Crippen LogP contribution in [0.15, 0.2) is 60.6 Å². The summed E-state index contributed by atoms with van der Waals surface area (Å²) in [6.07, 6.45) is 8.44. The van der Waals surface area contributed by atoms with E-state index in [1.165, 1.54) is 30.6 Å². The number of aromatic nitrogens is 5. The SMILES string of the molecule is N#CC(=CC1CC1)C(=O)N1CCC[C@@H](n2nc(-c3ccc(Oc4ccc(F)cc4)nc3)c3c(N)ncnc32)C1. The number of carbonyl (C=O) groups is 1. The molecule has 0 spiro atoms. The molecule has 1 aliphatic carbocycles. The number of allylic oxidation sites excluding steroid dienone is 1. The highest BCUT2D eigenvalue weighted by molar-refractivity contribution is 5.98. The highest BCUT2D eigenvalue weighted by Gasteiger charge is 2.31. The van der Waals surface area contributed by atoms with Crippen LogP contribution in [-0.2, 0) is 4.79 Å². The van der Waals surface area contributed by atoms with Crippen LogP contribution >= 0.6 is 0 Å². The molecule has 1 amide bonds. The van der Waals surface area contributed by atoms with Crippen molar-refractivity contribution in [2.24, 2.45) is 5.92 Å². The molecule has 1 aromatic carbocycles. The number of benzene rings is 1. The van der Waals surface area contributed by atoms with Gasteiger partial charge in [-0.15, -0.1) is 0 Å². The van der Waals surface area contributed by atoms with Gasteiger partial charge in [0, 0.05) is 30.9 Å². The Kier molecular flexibility index (Phi) is 6.36. The number of halogens is 1. The molecular formula is C28H25FN8O2. The summed E-state index contributed by atoms with van der Waals surface area (Å²) in [5, 5.41) is 15.0. The third kappa shape index (κ3) is 5.01. The van der Waals surface area contributed by atoms with Gasteiger partial charge in [0.2, 0.25) is 5.88 Å². The number of fused-ring (bicyclic) bond motifs is 1. The summed E-state index contributed by atoms with van der Waals surface area (Å²) in [5.74, 6) is 0.845. The van der Waals surface area contributed by atoms with Crippen LogP contribution in [-0.4, -0.2) is 48.6 Å². The van der Waals surface area contributed by atoms with E-state index in [1.54, 1.807) is 23.2 Å². The summed E-state index contributed by atoms with van der Waals surface area (Å²) < 4.78 is 20.7. The average Bonchev–Trinajstić information content (AvgIpc) is 3.70. The molecule has 4 aromatic rings. The van der Waals surface area contributed by atoms with Gasteiger partial charge in [0.05, 0.1) is 11.4 Å². The fraction of sp³-hybridized carbons (Fsp3) is 0.286. The number of piperidine rings is 1. The second-order valence-corrected chi connectivity index (χ2v) is 9.77. The largest absolute Gasteiger partial charge is 0.439 e. The van der Waals surface area contributed by atoms with Gasteiger partial charge in [0.25, 0.3) is 5.91 Å². The van der Waals surface area contributed by atoms with Gasteiger partial charge in [0.1, 0.15) is 41.0 Å². The summed E-state index contributed by atoms with van der Waals surface area (Å²) >= 11 is 0. The molecule has 0 bridgehead atoms. The van der Waals surface area contributed by atoms with Crippen LogP contribution < -0.4 is 10.5 Å². The van der Waals surface area contributed by atoms with E-state index in [0.717, 1.165) is 25.7 Å². The normalized spacial score (nSPS) is 17.7. The standard InChI is InChI=1S/C28H25FN8O2/c29-20-6-8-22(9-7-20)39-23-10-5-18(14-32-23)25-24-26(31)33-16-34-27(24)37(35-25)21-2-1-11-36(15-21)28(38)19(13-30)12-17-3-4-17/h5-10,12,14,16-17,21H,1-4,11,15H2,(H2,31,33,34)/t21-/m1/s1. The van der Waals surface area contributed by atoms with E-state index in [9.17, 15) is 14.4 Å². The lowest BCUT2D eigenvalue weighted by atomic mass is 10.0. The molecule has 2 N–H and O–H groups in total. The third-order valence-electron chi connectivity index (χ3n) is 6.97. The zero-order valence-electron chi connectivity index (χ0n) is 21.0. The molecule has 196 valence electrons. The van der Waals surface area contributed by atoms with Gasteiger partial charge in [-0.1, -0.05) is 6.08 Å². The molecule has 11 heteroatoms. The number of amides is 1. The lowest BCUT2D eigenvalue weighted by Gasteiger charge is -2.32. The lowest BCUT2D eigenvalue weighted by molar-refractivity contribution is -0.128. The van der Waals surface area contributed by atoms with Crippen molar-refractivity contribution < 1.29 is 13.9 Å². The number of anilines is 1. The molecule has 39 heavy (non-hydrogen) atoms. The van der Waals surface area contributed by atoms with E-state index in [-0.39, 0.29) is 29.2 Å². The number of nitriles is 1. The number of nitrogens with zero attached hydrogens (tertiary/aromatic N) is 7. The second kappa shape index (κ2) is 10.1.